The van der Waals surface area contributed by atoms with E-state index in [9.17, 15) is 63.3 Å². The highest BCUT2D eigenvalue weighted by Crippen LogP contribution is 2.20. The molecule has 1 rings (SSSR count). The van der Waals surface area contributed by atoms with Crippen molar-refractivity contribution in [1.29, 1.82) is 0 Å². The molecule has 26 heteroatoms. The molecular formula is C36H61N11O13S2. The highest BCUT2D eigenvalue weighted by Gasteiger charge is 2.39. The topological polar surface area (TPSA) is 397 Å². The summed E-state index contributed by atoms with van der Waals surface area (Å²) in [5.74, 6) is -9.60. The van der Waals surface area contributed by atoms with Crippen LogP contribution in [0.15, 0.2) is 4.99 Å². The SMILES string of the molecule is CSCC[C@H](NC(=O)[C@H](CC(=O)O)NC(=O)[C@H](CCC(=O)O)NC(=O)[C@H](C)NC(=O)[C@H](C)NC(=O)[C@H](CCCN=C(N)N)NC(=O)[C@@H](N)CCSC)C(=O)N1CCC[C@H]1C(=O)O. The van der Waals surface area contributed by atoms with Crippen molar-refractivity contribution in [3.05, 3.63) is 0 Å². The molecule has 0 aromatic rings. The molecule has 0 saturated carbocycles. The first-order valence-corrected chi connectivity index (χ1v) is 22.5. The molecule has 0 spiro atoms. The molecule has 1 heterocycles. The van der Waals surface area contributed by atoms with Crippen molar-refractivity contribution in [1.82, 2.24) is 36.8 Å². The molecule has 8 atom stereocenters. The Balaban J connectivity index is 3.12. The van der Waals surface area contributed by atoms with E-state index in [1.54, 1.807) is 6.26 Å². The number of likely N-dealkylation sites (tertiary alicyclic amines) is 1. The van der Waals surface area contributed by atoms with Crippen LogP contribution in [-0.2, 0) is 47.9 Å². The maximum absolute atomic E-state index is 13.5. The number of nitrogens with one attached hydrogen (secondary N) is 6. The number of rotatable bonds is 29. The number of amides is 7. The first-order chi connectivity index (χ1) is 29.1. The second kappa shape index (κ2) is 28.3. The summed E-state index contributed by atoms with van der Waals surface area (Å²) in [6, 6.07) is -10.7. The molecule has 1 fully saturated rings. The highest BCUT2D eigenvalue weighted by molar-refractivity contribution is 7.98. The Morgan fingerprint density at radius 2 is 1.16 bits per heavy atom. The first kappa shape index (κ1) is 54.6. The van der Waals surface area contributed by atoms with E-state index in [-0.39, 0.29) is 44.7 Å². The average Bonchev–Trinajstić information content (AvgIpc) is 3.70. The van der Waals surface area contributed by atoms with Gasteiger partial charge in [-0.25, -0.2) is 4.79 Å². The van der Waals surface area contributed by atoms with Crippen molar-refractivity contribution < 1.29 is 63.3 Å². The number of nitrogens with two attached hydrogens (primary N) is 3. The number of thioether (sulfide) groups is 2. The van der Waals surface area contributed by atoms with Crippen LogP contribution < -0.4 is 49.1 Å². The van der Waals surface area contributed by atoms with Gasteiger partial charge in [-0.1, -0.05) is 0 Å². The van der Waals surface area contributed by atoms with E-state index in [0.29, 0.717) is 24.3 Å². The van der Waals surface area contributed by atoms with Crippen LogP contribution in [0.5, 0.6) is 0 Å². The third kappa shape index (κ3) is 20.0. The minimum Gasteiger partial charge on any atom is -0.481 e. The van der Waals surface area contributed by atoms with E-state index in [4.69, 9.17) is 17.2 Å². The first-order valence-electron chi connectivity index (χ1n) is 19.7. The lowest BCUT2D eigenvalue weighted by Gasteiger charge is -2.29. The molecule has 0 aromatic heterocycles. The minimum absolute atomic E-state index is 0.0382. The predicted molar refractivity (Wildman–Crippen MR) is 228 cm³/mol. The largest absolute Gasteiger partial charge is 0.481 e. The van der Waals surface area contributed by atoms with Crippen molar-refractivity contribution in [3.8, 4) is 0 Å². The van der Waals surface area contributed by atoms with E-state index in [1.165, 1.54) is 37.4 Å². The van der Waals surface area contributed by atoms with Gasteiger partial charge in [0, 0.05) is 19.5 Å². The lowest BCUT2D eigenvalue weighted by Crippen LogP contribution is -2.59. The quantitative estimate of drug-likeness (QED) is 0.0195. The van der Waals surface area contributed by atoms with Gasteiger partial charge in [-0.15, -0.1) is 0 Å². The molecule has 15 N–H and O–H groups in total. The summed E-state index contributed by atoms with van der Waals surface area (Å²) in [6.07, 6.45) is 2.67. The second-order valence-electron chi connectivity index (χ2n) is 14.4. The molecule has 0 radical (unpaired) electrons. The third-order valence-electron chi connectivity index (χ3n) is 9.39. The zero-order valence-electron chi connectivity index (χ0n) is 35.2. The summed E-state index contributed by atoms with van der Waals surface area (Å²) in [6.45, 7) is 2.77. The smallest absolute Gasteiger partial charge is 0.326 e. The van der Waals surface area contributed by atoms with E-state index in [0.717, 1.165) is 4.90 Å². The summed E-state index contributed by atoms with van der Waals surface area (Å²) >= 11 is 2.81. The van der Waals surface area contributed by atoms with Gasteiger partial charge in [0.05, 0.1) is 12.5 Å². The lowest BCUT2D eigenvalue weighted by molar-refractivity contribution is -0.149. The number of carboxylic acid groups (broad SMARTS) is 3. The number of guanidine groups is 1. The second-order valence-corrected chi connectivity index (χ2v) is 16.4. The fourth-order valence-corrected chi connectivity index (χ4v) is 6.91. The maximum Gasteiger partial charge on any atom is 0.326 e. The lowest BCUT2D eigenvalue weighted by atomic mass is 10.1. The molecule has 7 amide bonds. The molecule has 0 aliphatic carbocycles. The van der Waals surface area contributed by atoms with Crippen molar-refractivity contribution in [2.75, 3.05) is 37.1 Å². The van der Waals surface area contributed by atoms with Crippen LogP contribution in [0, 0.1) is 0 Å². The van der Waals surface area contributed by atoms with Crippen LogP contribution in [0.3, 0.4) is 0 Å². The van der Waals surface area contributed by atoms with Gasteiger partial charge < -0.3 is 69.3 Å². The van der Waals surface area contributed by atoms with Crippen molar-refractivity contribution >= 4 is 88.7 Å². The third-order valence-corrected chi connectivity index (χ3v) is 10.7. The molecule has 24 nitrogen and oxygen atoms in total. The molecule has 1 aliphatic rings. The average molecular weight is 920 g/mol. The molecule has 0 aromatic carbocycles. The van der Waals surface area contributed by atoms with Crippen molar-refractivity contribution in [2.24, 2.45) is 22.2 Å². The maximum atomic E-state index is 13.5. The van der Waals surface area contributed by atoms with Crippen LogP contribution in [0.1, 0.15) is 71.6 Å². The van der Waals surface area contributed by atoms with Crippen molar-refractivity contribution in [3.63, 3.8) is 0 Å². The summed E-state index contributed by atoms with van der Waals surface area (Å²) in [5, 5.41) is 42.8. The normalized spacial score (nSPS) is 16.7. The Morgan fingerprint density at radius 1 is 0.661 bits per heavy atom. The fraction of sp³-hybridized carbons (Fsp3) is 0.694. The molecule has 1 saturated heterocycles. The standard InChI is InChI=1S/C36H61N11O13S2/c1-18(42-31(55)21(7-5-13-40-36(38)39)44-30(54)20(37)11-15-61-3)28(52)41-19(2)29(53)43-22(9-10-26(48)49)32(56)46-24(17-27(50)51)33(57)45-23(12-16-62-4)34(58)47-14-6-8-25(47)35(59)60/h18-25H,5-17,37H2,1-4H3,(H,41,52)(H,42,55)(H,43,53)(H,44,54)(H,45,57)(H,46,56)(H,48,49)(H,50,51)(H,59,60)(H4,38,39,40)/t18-,19-,20-,21-,22-,23-,24-,25-/m0/s1. The Labute approximate surface area is 367 Å². The van der Waals surface area contributed by atoms with Crippen molar-refractivity contribution in [2.45, 2.75) is 120 Å². The number of hydrogen-bond acceptors (Lipinski definition) is 14. The summed E-state index contributed by atoms with van der Waals surface area (Å²) in [7, 11) is 0. The van der Waals surface area contributed by atoms with Gasteiger partial charge in [-0.2, -0.15) is 23.5 Å². The molecule has 350 valence electrons. The minimum atomic E-state index is -1.84. The Morgan fingerprint density at radius 3 is 1.73 bits per heavy atom. The fourth-order valence-electron chi connectivity index (χ4n) is 5.95. The van der Waals surface area contributed by atoms with Crippen LogP contribution >= 0.6 is 23.5 Å². The summed E-state index contributed by atoms with van der Waals surface area (Å²) < 4.78 is 0. The van der Waals surface area contributed by atoms with Gasteiger partial charge in [0.2, 0.25) is 41.4 Å². The molecular weight excluding hydrogens is 859 g/mol. The van der Waals surface area contributed by atoms with Gasteiger partial charge >= 0.3 is 17.9 Å². The van der Waals surface area contributed by atoms with Crippen LogP contribution in [-0.4, -0.2) is 171 Å². The van der Waals surface area contributed by atoms with Gasteiger partial charge in [0.1, 0.15) is 42.3 Å². The number of aliphatic carboxylic acids is 3. The Bertz CT molecular complexity index is 1640. The van der Waals surface area contributed by atoms with Crippen LogP contribution in [0.4, 0.5) is 0 Å². The van der Waals surface area contributed by atoms with E-state index >= 15 is 0 Å². The zero-order valence-corrected chi connectivity index (χ0v) is 36.8. The van der Waals surface area contributed by atoms with Gasteiger partial charge in [0.15, 0.2) is 5.96 Å². The molecule has 1 aliphatic heterocycles. The van der Waals surface area contributed by atoms with Gasteiger partial charge in [-0.05, 0) is 82.8 Å². The number of carbonyl (C=O) groups is 10. The van der Waals surface area contributed by atoms with Crippen LogP contribution in [0.25, 0.3) is 0 Å². The number of carbonyl (C=O) groups excluding carboxylic acids is 7. The van der Waals surface area contributed by atoms with Crippen LogP contribution in [0.2, 0.25) is 0 Å². The number of carboxylic acids is 3. The van der Waals surface area contributed by atoms with E-state index in [1.807, 2.05) is 6.26 Å². The molecule has 0 bridgehead atoms. The molecule has 0 unspecified atom stereocenters. The number of nitrogens with zero attached hydrogens (tertiary/aromatic N) is 2. The Kier molecular flexibility index (Phi) is 24.9. The van der Waals surface area contributed by atoms with E-state index < -0.39 is 127 Å². The van der Waals surface area contributed by atoms with Gasteiger partial charge in [-0.3, -0.25) is 48.1 Å². The Hall–Kier alpha value is -5.37. The monoisotopic (exact) mass is 919 g/mol. The summed E-state index contributed by atoms with van der Waals surface area (Å²) in [4.78, 5) is 133. The highest BCUT2D eigenvalue weighted by atomic mass is 32.2. The predicted octanol–water partition coefficient (Wildman–Crippen LogP) is -3.76. The van der Waals surface area contributed by atoms with Gasteiger partial charge in [0.25, 0.3) is 0 Å². The zero-order chi connectivity index (χ0) is 47.1. The number of hydrogen-bond donors (Lipinski definition) is 12. The number of aliphatic imine (C=N–C) groups is 1. The van der Waals surface area contributed by atoms with E-state index in [2.05, 4.69) is 36.9 Å². The molecule has 62 heavy (non-hydrogen) atoms. The summed E-state index contributed by atoms with van der Waals surface area (Å²) in [5.41, 5.74) is 16.7.